The van der Waals surface area contributed by atoms with Crippen LogP contribution in [-0.2, 0) is 0 Å². The van der Waals surface area contributed by atoms with E-state index in [4.69, 9.17) is 11.6 Å². The summed E-state index contributed by atoms with van der Waals surface area (Å²) in [5.41, 5.74) is 0.849. The van der Waals surface area contributed by atoms with Crippen LogP contribution in [0.25, 0.3) is 0 Å². The number of halogens is 2. The maximum absolute atomic E-state index is 12.9. The van der Waals surface area contributed by atoms with Crippen LogP contribution < -0.4 is 5.32 Å². The molecule has 2 unspecified atom stereocenters. The van der Waals surface area contributed by atoms with Crippen molar-refractivity contribution in [2.75, 3.05) is 5.32 Å². The van der Waals surface area contributed by atoms with E-state index in [-0.39, 0.29) is 5.82 Å². The Labute approximate surface area is 101 Å². The lowest BCUT2D eigenvalue weighted by atomic mass is 9.87. The zero-order valence-electron chi connectivity index (χ0n) is 9.47. The average Bonchev–Trinajstić information content (AvgIpc) is 2.22. The SMILES string of the molecule is CC1CCCC(Nc2ccc(F)cc2Cl)C1. The Bertz CT molecular complexity index is 367. The van der Waals surface area contributed by atoms with Gasteiger partial charge in [0, 0.05) is 6.04 Å². The van der Waals surface area contributed by atoms with Crippen LogP contribution in [0.2, 0.25) is 5.02 Å². The summed E-state index contributed by atoms with van der Waals surface area (Å²) < 4.78 is 12.9. The van der Waals surface area contributed by atoms with Crippen LogP contribution in [-0.4, -0.2) is 6.04 Å². The number of hydrogen-bond donors (Lipinski definition) is 1. The molecule has 1 nitrogen and oxygen atoms in total. The molecule has 88 valence electrons. The van der Waals surface area contributed by atoms with E-state index in [1.807, 2.05) is 0 Å². The van der Waals surface area contributed by atoms with Crippen molar-refractivity contribution in [3.05, 3.63) is 29.0 Å². The summed E-state index contributed by atoms with van der Waals surface area (Å²) in [5, 5.41) is 3.88. The molecule has 0 radical (unpaired) electrons. The Hall–Kier alpha value is -0.760. The van der Waals surface area contributed by atoms with Gasteiger partial charge < -0.3 is 5.32 Å². The topological polar surface area (TPSA) is 12.0 Å². The highest BCUT2D eigenvalue weighted by Gasteiger charge is 2.19. The zero-order chi connectivity index (χ0) is 11.5. The molecule has 1 fully saturated rings. The second-order valence-electron chi connectivity index (χ2n) is 4.74. The van der Waals surface area contributed by atoms with Crippen LogP contribution in [0.3, 0.4) is 0 Å². The summed E-state index contributed by atoms with van der Waals surface area (Å²) in [7, 11) is 0. The molecule has 0 bridgehead atoms. The van der Waals surface area contributed by atoms with Gasteiger partial charge in [0.2, 0.25) is 0 Å². The van der Waals surface area contributed by atoms with Gasteiger partial charge in [0.25, 0.3) is 0 Å². The van der Waals surface area contributed by atoms with Gasteiger partial charge in [0.15, 0.2) is 0 Å². The first kappa shape index (κ1) is 11.7. The third kappa shape index (κ3) is 2.88. The van der Waals surface area contributed by atoms with Crippen molar-refractivity contribution in [1.82, 2.24) is 0 Å². The highest BCUT2D eigenvalue weighted by atomic mass is 35.5. The molecule has 2 rings (SSSR count). The molecule has 0 aromatic heterocycles. The van der Waals surface area contributed by atoms with Gasteiger partial charge in [-0.1, -0.05) is 31.4 Å². The molecule has 2 atom stereocenters. The largest absolute Gasteiger partial charge is 0.381 e. The van der Waals surface area contributed by atoms with Crippen molar-refractivity contribution in [2.45, 2.75) is 38.6 Å². The molecule has 16 heavy (non-hydrogen) atoms. The van der Waals surface area contributed by atoms with E-state index in [1.54, 1.807) is 6.07 Å². The summed E-state index contributed by atoms with van der Waals surface area (Å²) in [4.78, 5) is 0. The molecule has 0 heterocycles. The average molecular weight is 242 g/mol. The molecule has 1 aliphatic carbocycles. The Morgan fingerprint density at radius 3 is 2.88 bits per heavy atom. The fourth-order valence-electron chi connectivity index (χ4n) is 2.39. The minimum atomic E-state index is -0.285. The minimum Gasteiger partial charge on any atom is -0.381 e. The lowest BCUT2D eigenvalue weighted by molar-refractivity contribution is 0.358. The number of anilines is 1. The first-order chi connectivity index (χ1) is 7.65. The summed E-state index contributed by atoms with van der Waals surface area (Å²) in [6, 6.07) is 5.00. The van der Waals surface area contributed by atoms with E-state index in [9.17, 15) is 4.39 Å². The molecule has 1 saturated carbocycles. The smallest absolute Gasteiger partial charge is 0.124 e. The normalized spacial score (nSPS) is 25.4. The van der Waals surface area contributed by atoms with Crippen LogP contribution in [0.5, 0.6) is 0 Å². The first-order valence-electron chi connectivity index (χ1n) is 5.87. The van der Waals surface area contributed by atoms with E-state index < -0.39 is 0 Å². The van der Waals surface area contributed by atoms with E-state index >= 15 is 0 Å². The number of hydrogen-bond acceptors (Lipinski definition) is 1. The van der Waals surface area contributed by atoms with E-state index in [0.717, 1.165) is 11.6 Å². The summed E-state index contributed by atoms with van der Waals surface area (Å²) in [5.74, 6) is 0.484. The second-order valence-corrected chi connectivity index (χ2v) is 5.14. The Kier molecular flexibility index (Phi) is 3.70. The van der Waals surface area contributed by atoms with Crippen molar-refractivity contribution in [2.24, 2.45) is 5.92 Å². The van der Waals surface area contributed by atoms with Crippen molar-refractivity contribution in [1.29, 1.82) is 0 Å². The highest BCUT2D eigenvalue weighted by molar-refractivity contribution is 6.33. The maximum Gasteiger partial charge on any atom is 0.124 e. The molecule has 0 amide bonds. The second kappa shape index (κ2) is 5.05. The molecule has 1 aromatic rings. The van der Waals surface area contributed by atoms with Gasteiger partial charge in [-0.2, -0.15) is 0 Å². The molecule has 1 aliphatic rings. The van der Waals surface area contributed by atoms with Crippen LogP contribution in [0.4, 0.5) is 10.1 Å². The summed E-state index contributed by atoms with van der Waals surface area (Å²) in [6.45, 7) is 2.28. The fraction of sp³-hybridized carbons (Fsp3) is 0.538. The molecule has 1 aromatic carbocycles. The van der Waals surface area contributed by atoms with Crippen molar-refractivity contribution in [3.63, 3.8) is 0 Å². The minimum absolute atomic E-state index is 0.285. The Morgan fingerprint density at radius 1 is 1.38 bits per heavy atom. The summed E-state index contributed by atoms with van der Waals surface area (Å²) in [6.07, 6.45) is 4.93. The van der Waals surface area contributed by atoms with Crippen LogP contribution in [0, 0.1) is 11.7 Å². The number of rotatable bonds is 2. The molecule has 0 aliphatic heterocycles. The first-order valence-corrected chi connectivity index (χ1v) is 6.24. The van der Waals surface area contributed by atoms with Crippen molar-refractivity contribution in [3.8, 4) is 0 Å². The van der Waals surface area contributed by atoms with Gasteiger partial charge in [-0.15, -0.1) is 0 Å². The van der Waals surface area contributed by atoms with E-state index in [0.29, 0.717) is 11.1 Å². The van der Waals surface area contributed by atoms with Crippen LogP contribution in [0.15, 0.2) is 18.2 Å². The fourth-order valence-corrected chi connectivity index (χ4v) is 2.61. The number of nitrogens with one attached hydrogen (secondary N) is 1. The van der Waals surface area contributed by atoms with Crippen molar-refractivity contribution >= 4 is 17.3 Å². The van der Waals surface area contributed by atoms with Crippen molar-refractivity contribution < 1.29 is 4.39 Å². The predicted octanol–water partition coefficient (Wildman–Crippen LogP) is 4.47. The van der Waals surface area contributed by atoms with Crippen LogP contribution in [0.1, 0.15) is 32.6 Å². The lowest BCUT2D eigenvalue weighted by Crippen LogP contribution is -2.26. The highest BCUT2D eigenvalue weighted by Crippen LogP contribution is 2.29. The van der Waals surface area contributed by atoms with Gasteiger partial charge >= 0.3 is 0 Å². The molecular formula is C13H17ClFN. The molecule has 3 heteroatoms. The Morgan fingerprint density at radius 2 is 2.19 bits per heavy atom. The number of benzene rings is 1. The van der Waals surface area contributed by atoms with E-state index in [2.05, 4.69) is 12.2 Å². The Balaban J connectivity index is 2.02. The lowest BCUT2D eigenvalue weighted by Gasteiger charge is -2.28. The standard InChI is InChI=1S/C13H17ClFN/c1-9-3-2-4-11(7-9)16-13-6-5-10(15)8-12(13)14/h5-6,8-9,11,16H,2-4,7H2,1H3. The van der Waals surface area contributed by atoms with Gasteiger partial charge in [0.05, 0.1) is 10.7 Å². The zero-order valence-corrected chi connectivity index (χ0v) is 10.2. The molecular weight excluding hydrogens is 225 g/mol. The third-order valence-corrected chi connectivity index (χ3v) is 3.54. The van der Waals surface area contributed by atoms with Gasteiger partial charge in [-0.3, -0.25) is 0 Å². The van der Waals surface area contributed by atoms with Crippen LogP contribution >= 0.6 is 11.6 Å². The van der Waals surface area contributed by atoms with E-state index in [1.165, 1.54) is 37.8 Å². The molecule has 0 saturated heterocycles. The summed E-state index contributed by atoms with van der Waals surface area (Å²) >= 11 is 5.98. The monoisotopic (exact) mass is 241 g/mol. The van der Waals surface area contributed by atoms with Gasteiger partial charge in [-0.05, 0) is 37.0 Å². The maximum atomic E-state index is 12.9. The van der Waals surface area contributed by atoms with Gasteiger partial charge in [-0.25, -0.2) is 4.39 Å². The molecule has 1 N–H and O–H groups in total. The quantitative estimate of drug-likeness (QED) is 0.806. The predicted molar refractivity (Wildman–Crippen MR) is 66.5 cm³/mol. The molecule has 0 spiro atoms. The van der Waals surface area contributed by atoms with Gasteiger partial charge in [0.1, 0.15) is 5.82 Å². The third-order valence-electron chi connectivity index (χ3n) is 3.23.